The highest BCUT2D eigenvalue weighted by molar-refractivity contribution is 5.72. The molecule has 1 heterocycles. The molecule has 0 aliphatic carbocycles. The summed E-state index contributed by atoms with van der Waals surface area (Å²) in [6.45, 7) is 4.61. The van der Waals surface area contributed by atoms with Crippen LogP contribution in [0.4, 0.5) is 0 Å². The van der Waals surface area contributed by atoms with Crippen molar-refractivity contribution in [1.82, 2.24) is 0 Å². The summed E-state index contributed by atoms with van der Waals surface area (Å²) in [4.78, 5) is 22.7. The number of rotatable bonds is 13. The number of carbonyl (C=O) groups is 2. The molecule has 0 saturated carbocycles. The molecule has 0 aromatic rings. The molecule has 1 rings (SSSR count). The van der Waals surface area contributed by atoms with E-state index in [0.29, 0.717) is 6.42 Å². The lowest BCUT2D eigenvalue weighted by molar-refractivity contribution is -0.162. The average Bonchev–Trinajstić information content (AvgIpc) is 2.60. The first-order valence-electron chi connectivity index (χ1n) is 9.80. The van der Waals surface area contributed by atoms with Gasteiger partial charge in [-0.2, -0.15) is 0 Å². The minimum atomic E-state index is -0.921. The van der Waals surface area contributed by atoms with Crippen LogP contribution in [0.5, 0.6) is 0 Å². The minimum Gasteiger partial charge on any atom is -0.481 e. The zero-order valence-electron chi connectivity index (χ0n) is 16.2. The van der Waals surface area contributed by atoms with Gasteiger partial charge in [-0.25, -0.2) is 0 Å². The number of hydrogen-bond acceptors (Lipinski definition) is 5. The zero-order chi connectivity index (χ0) is 19.2. The molecule has 6 nitrogen and oxygen atoms in total. The van der Waals surface area contributed by atoms with Crippen molar-refractivity contribution in [1.29, 1.82) is 0 Å². The van der Waals surface area contributed by atoms with Crippen LogP contribution in [0, 0.1) is 5.92 Å². The van der Waals surface area contributed by atoms with Gasteiger partial charge in [0.25, 0.3) is 0 Å². The Morgan fingerprint density at radius 2 is 1.92 bits per heavy atom. The van der Waals surface area contributed by atoms with Crippen molar-refractivity contribution in [3.63, 3.8) is 0 Å². The first-order chi connectivity index (χ1) is 12.5. The van der Waals surface area contributed by atoms with Crippen LogP contribution in [-0.4, -0.2) is 42.7 Å². The lowest BCUT2D eigenvalue weighted by atomic mass is 9.94. The summed E-state index contributed by atoms with van der Waals surface area (Å²) in [5.74, 6) is -2.07. The summed E-state index contributed by atoms with van der Waals surface area (Å²) in [5.41, 5.74) is 0. The van der Waals surface area contributed by atoms with Gasteiger partial charge in [0.2, 0.25) is 0 Å². The van der Waals surface area contributed by atoms with Gasteiger partial charge in [-0.3, -0.25) is 9.59 Å². The second-order valence-corrected chi connectivity index (χ2v) is 6.77. The van der Waals surface area contributed by atoms with Gasteiger partial charge in [0, 0.05) is 20.1 Å². The molecule has 150 valence electrons. The molecular formula is C20H34O6. The maximum Gasteiger partial charge on any atom is 0.310 e. The normalized spacial score (nSPS) is 20.0. The van der Waals surface area contributed by atoms with Crippen LogP contribution in [0.2, 0.25) is 0 Å². The highest BCUT2D eigenvalue weighted by Gasteiger charge is 2.28. The zero-order valence-corrected chi connectivity index (χ0v) is 16.2. The number of aliphatic carboxylic acids is 1. The van der Waals surface area contributed by atoms with E-state index in [4.69, 9.17) is 14.2 Å². The van der Waals surface area contributed by atoms with E-state index in [-0.39, 0.29) is 6.29 Å². The van der Waals surface area contributed by atoms with Crippen molar-refractivity contribution in [3.05, 3.63) is 12.2 Å². The third-order valence-electron chi connectivity index (χ3n) is 4.50. The van der Waals surface area contributed by atoms with Crippen molar-refractivity contribution < 1.29 is 28.9 Å². The summed E-state index contributed by atoms with van der Waals surface area (Å²) >= 11 is 0. The van der Waals surface area contributed by atoms with Gasteiger partial charge in [-0.15, -0.1) is 0 Å². The number of carbonyl (C=O) groups excluding carboxylic acids is 1. The molecule has 1 N–H and O–H groups in total. The molecule has 26 heavy (non-hydrogen) atoms. The number of ether oxygens (including phenoxy) is 3. The molecule has 0 amide bonds. The summed E-state index contributed by atoms with van der Waals surface area (Å²) in [5, 5.41) is 9.43. The Bertz CT molecular complexity index is 428. The van der Waals surface area contributed by atoms with Crippen LogP contribution < -0.4 is 0 Å². The van der Waals surface area contributed by atoms with Crippen LogP contribution in [0.25, 0.3) is 0 Å². The summed E-state index contributed by atoms with van der Waals surface area (Å²) in [6.07, 6.45) is 11.3. The van der Waals surface area contributed by atoms with Gasteiger partial charge >= 0.3 is 11.9 Å². The maximum atomic E-state index is 11.5. The largest absolute Gasteiger partial charge is 0.481 e. The molecule has 1 aliphatic heterocycles. The number of unbranched alkanes of at least 4 members (excludes halogenated alkanes) is 4. The van der Waals surface area contributed by atoms with Crippen molar-refractivity contribution in [2.75, 3.05) is 13.2 Å². The molecular weight excluding hydrogens is 336 g/mol. The Hall–Kier alpha value is -1.40. The Balaban J connectivity index is 2.15. The molecule has 0 bridgehead atoms. The Kier molecular flexibility index (Phi) is 12.0. The average molecular weight is 370 g/mol. The van der Waals surface area contributed by atoms with Gasteiger partial charge in [-0.05, 0) is 45.1 Å². The van der Waals surface area contributed by atoms with Gasteiger partial charge < -0.3 is 19.3 Å². The Labute approximate surface area is 156 Å². The first-order valence-corrected chi connectivity index (χ1v) is 9.80. The molecule has 1 aliphatic rings. The molecule has 3 atom stereocenters. The van der Waals surface area contributed by atoms with Gasteiger partial charge in [-0.1, -0.05) is 31.8 Å². The highest BCUT2D eigenvalue weighted by atomic mass is 16.7. The third-order valence-corrected chi connectivity index (χ3v) is 4.50. The van der Waals surface area contributed by atoms with Crippen molar-refractivity contribution >= 4 is 11.9 Å². The maximum absolute atomic E-state index is 11.5. The molecule has 0 aromatic carbocycles. The predicted octanol–water partition coefficient (Wildman–Crippen LogP) is 4.08. The smallest absolute Gasteiger partial charge is 0.310 e. The molecule has 1 fully saturated rings. The topological polar surface area (TPSA) is 82.1 Å². The van der Waals surface area contributed by atoms with E-state index in [9.17, 15) is 14.7 Å². The first kappa shape index (κ1) is 22.6. The third kappa shape index (κ3) is 9.92. The van der Waals surface area contributed by atoms with Crippen LogP contribution in [0.3, 0.4) is 0 Å². The molecule has 0 radical (unpaired) electrons. The lowest BCUT2D eigenvalue weighted by Gasteiger charge is -2.22. The van der Waals surface area contributed by atoms with Crippen LogP contribution in [-0.2, 0) is 23.8 Å². The number of carboxylic acids is 1. The quantitative estimate of drug-likeness (QED) is 0.299. The van der Waals surface area contributed by atoms with Gasteiger partial charge in [0.05, 0.1) is 5.92 Å². The summed E-state index contributed by atoms with van der Waals surface area (Å²) in [7, 11) is 0. The van der Waals surface area contributed by atoms with Gasteiger partial charge in [0.15, 0.2) is 6.29 Å². The number of allylic oxidation sites excluding steroid dienone is 1. The lowest BCUT2D eigenvalue weighted by Crippen LogP contribution is -2.30. The standard InChI is InChI=1S/C20H34O6/c1-3-11-18(26-16(2)21)17(20(22)23)12-7-5-4-6-9-14-24-19-13-8-10-15-25-19/h3,11,17-19H,4-10,12-15H2,1-2H3,(H,22,23)/b11-3+. The van der Waals surface area contributed by atoms with E-state index < -0.39 is 24.0 Å². The van der Waals surface area contributed by atoms with Crippen LogP contribution >= 0.6 is 0 Å². The number of hydrogen-bond donors (Lipinski definition) is 1. The summed E-state index contributed by atoms with van der Waals surface area (Å²) < 4.78 is 16.4. The molecule has 3 unspecified atom stereocenters. The van der Waals surface area contributed by atoms with E-state index in [1.165, 1.54) is 13.3 Å². The van der Waals surface area contributed by atoms with E-state index in [2.05, 4.69) is 0 Å². The Morgan fingerprint density at radius 1 is 1.19 bits per heavy atom. The van der Waals surface area contributed by atoms with Crippen LogP contribution in [0.1, 0.15) is 71.6 Å². The molecule has 0 aromatic heterocycles. The van der Waals surface area contributed by atoms with Crippen molar-refractivity contribution in [3.8, 4) is 0 Å². The van der Waals surface area contributed by atoms with E-state index >= 15 is 0 Å². The van der Waals surface area contributed by atoms with Crippen LogP contribution in [0.15, 0.2) is 12.2 Å². The van der Waals surface area contributed by atoms with E-state index in [1.807, 2.05) is 0 Å². The Morgan fingerprint density at radius 3 is 2.54 bits per heavy atom. The molecule has 6 heteroatoms. The number of carboxylic acid groups (broad SMARTS) is 1. The van der Waals surface area contributed by atoms with E-state index in [1.54, 1.807) is 19.1 Å². The van der Waals surface area contributed by atoms with Crippen molar-refractivity contribution in [2.45, 2.75) is 84.0 Å². The SMILES string of the molecule is C/C=C/C(OC(C)=O)C(CCCCCCCOC1CCCCO1)C(=O)O. The predicted molar refractivity (Wildman–Crippen MR) is 98.7 cm³/mol. The minimum absolute atomic E-state index is 0.0232. The molecule has 0 spiro atoms. The van der Waals surface area contributed by atoms with Gasteiger partial charge in [0.1, 0.15) is 6.10 Å². The fourth-order valence-corrected chi connectivity index (χ4v) is 3.12. The fourth-order valence-electron chi connectivity index (χ4n) is 3.12. The monoisotopic (exact) mass is 370 g/mol. The number of esters is 1. The second kappa shape index (κ2) is 13.8. The van der Waals surface area contributed by atoms with E-state index in [0.717, 1.165) is 58.2 Å². The second-order valence-electron chi connectivity index (χ2n) is 6.77. The summed E-state index contributed by atoms with van der Waals surface area (Å²) in [6, 6.07) is 0. The van der Waals surface area contributed by atoms with Crippen molar-refractivity contribution in [2.24, 2.45) is 5.92 Å². The highest BCUT2D eigenvalue weighted by Crippen LogP contribution is 2.20. The fraction of sp³-hybridized carbons (Fsp3) is 0.800. The molecule has 1 saturated heterocycles.